The largest absolute Gasteiger partial charge is 0.314 e. The maximum absolute atomic E-state index is 4.40. The first-order valence-electron chi connectivity index (χ1n) is 6.78. The van der Waals surface area contributed by atoms with Gasteiger partial charge in [0.15, 0.2) is 0 Å². The van der Waals surface area contributed by atoms with Crippen molar-refractivity contribution in [3.63, 3.8) is 0 Å². The monoisotopic (exact) mass is 328 g/mol. The second kappa shape index (κ2) is 7.51. The van der Waals surface area contributed by atoms with Gasteiger partial charge in [-0.1, -0.05) is 13.3 Å². The van der Waals surface area contributed by atoms with Crippen molar-refractivity contribution >= 4 is 27.7 Å². The smallest absolute Gasteiger partial charge is 0.110 e. The van der Waals surface area contributed by atoms with E-state index < -0.39 is 0 Å². The zero-order chi connectivity index (χ0) is 12.8. The van der Waals surface area contributed by atoms with Gasteiger partial charge in [0.25, 0.3) is 0 Å². The van der Waals surface area contributed by atoms with Crippen LogP contribution < -0.4 is 5.32 Å². The molecule has 1 heterocycles. The summed E-state index contributed by atoms with van der Waals surface area (Å²) in [6, 6.07) is 4.78. The highest BCUT2D eigenvalue weighted by Crippen LogP contribution is 2.32. The third-order valence-electron chi connectivity index (χ3n) is 3.58. The van der Waals surface area contributed by atoms with Gasteiger partial charge in [-0.25, -0.2) is 4.98 Å². The summed E-state index contributed by atoms with van der Waals surface area (Å²) >= 11 is 5.42. The molecule has 4 heteroatoms. The van der Waals surface area contributed by atoms with Crippen LogP contribution >= 0.6 is 27.7 Å². The lowest BCUT2D eigenvalue weighted by Gasteiger charge is -2.20. The summed E-state index contributed by atoms with van der Waals surface area (Å²) in [7, 11) is 0. The summed E-state index contributed by atoms with van der Waals surface area (Å²) in [4.78, 5) is 4.40. The minimum Gasteiger partial charge on any atom is -0.314 e. The standard InChI is InChI=1S/C14H21BrN2S/c1-2-16-13-7-3-5-11(13)8-10-18-14-12(15)6-4-9-17-14/h4,6,9,11,13,16H,2-3,5,7-8,10H2,1H3. The van der Waals surface area contributed by atoms with Crippen molar-refractivity contribution in [2.75, 3.05) is 12.3 Å². The first-order chi connectivity index (χ1) is 8.81. The third-order valence-corrected chi connectivity index (χ3v) is 5.52. The molecule has 0 aliphatic heterocycles. The SMILES string of the molecule is CCNC1CCCC1CCSc1ncccc1Br. The van der Waals surface area contributed by atoms with Crippen LogP contribution in [0.4, 0.5) is 0 Å². The van der Waals surface area contributed by atoms with E-state index in [-0.39, 0.29) is 0 Å². The summed E-state index contributed by atoms with van der Waals surface area (Å²) in [5, 5.41) is 4.74. The molecule has 1 aromatic rings. The zero-order valence-corrected chi connectivity index (χ0v) is 13.3. The quantitative estimate of drug-likeness (QED) is 0.795. The van der Waals surface area contributed by atoms with E-state index in [1.807, 2.05) is 24.0 Å². The fourth-order valence-electron chi connectivity index (χ4n) is 2.70. The summed E-state index contributed by atoms with van der Waals surface area (Å²) < 4.78 is 1.12. The molecule has 100 valence electrons. The average Bonchev–Trinajstić information content (AvgIpc) is 2.80. The van der Waals surface area contributed by atoms with Crippen molar-refractivity contribution in [1.82, 2.24) is 10.3 Å². The van der Waals surface area contributed by atoms with Crippen LogP contribution in [-0.4, -0.2) is 23.3 Å². The molecule has 1 N–H and O–H groups in total. The molecule has 0 saturated heterocycles. The van der Waals surface area contributed by atoms with Gasteiger partial charge in [-0.3, -0.25) is 0 Å². The molecule has 0 amide bonds. The van der Waals surface area contributed by atoms with Crippen LogP contribution in [0.15, 0.2) is 27.8 Å². The topological polar surface area (TPSA) is 24.9 Å². The Morgan fingerprint density at radius 1 is 1.50 bits per heavy atom. The first-order valence-corrected chi connectivity index (χ1v) is 8.55. The Morgan fingerprint density at radius 3 is 3.17 bits per heavy atom. The highest BCUT2D eigenvalue weighted by molar-refractivity contribution is 9.10. The normalized spacial score (nSPS) is 23.4. The fourth-order valence-corrected chi connectivity index (χ4v) is 4.25. The summed E-state index contributed by atoms with van der Waals surface area (Å²) in [6.45, 7) is 3.30. The van der Waals surface area contributed by atoms with E-state index in [0.29, 0.717) is 0 Å². The minimum absolute atomic E-state index is 0.753. The van der Waals surface area contributed by atoms with E-state index in [4.69, 9.17) is 0 Å². The van der Waals surface area contributed by atoms with Crippen LogP contribution in [0.5, 0.6) is 0 Å². The van der Waals surface area contributed by atoms with E-state index in [0.717, 1.165) is 28.0 Å². The Hall–Kier alpha value is -0.0600. The van der Waals surface area contributed by atoms with Gasteiger partial charge in [0.05, 0.1) is 0 Å². The Kier molecular flexibility index (Phi) is 5.99. The molecule has 0 aromatic carbocycles. The molecular formula is C14H21BrN2S. The molecule has 1 saturated carbocycles. The van der Waals surface area contributed by atoms with Crippen molar-refractivity contribution in [3.05, 3.63) is 22.8 Å². The predicted molar refractivity (Wildman–Crippen MR) is 82.1 cm³/mol. The summed E-state index contributed by atoms with van der Waals surface area (Å²) in [6.07, 6.45) is 7.30. The number of thioether (sulfide) groups is 1. The zero-order valence-electron chi connectivity index (χ0n) is 10.9. The van der Waals surface area contributed by atoms with Gasteiger partial charge >= 0.3 is 0 Å². The summed E-state index contributed by atoms with van der Waals surface area (Å²) in [5.41, 5.74) is 0. The fraction of sp³-hybridized carbons (Fsp3) is 0.643. The maximum Gasteiger partial charge on any atom is 0.110 e. The van der Waals surface area contributed by atoms with E-state index >= 15 is 0 Å². The minimum atomic E-state index is 0.753. The number of aromatic nitrogens is 1. The number of pyridine rings is 1. The van der Waals surface area contributed by atoms with E-state index in [2.05, 4.69) is 39.2 Å². The van der Waals surface area contributed by atoms with Crippen molar-refractivity contribution in [1.29, 1.82) is 0 Å². The highest BCUT2D eigenvalue weighted by atomic mass is 79.9. The number of halogens is 1. The lowest BCUT2D eigenvalue weighted by molar-refractivity contribution is 0.400. The van der Waals surface area contributed by atoms with Crippen LogP contribution in [0, 0.1) is 5.92 Å². The van der Waals surface area contributed by atoms with Gasteiger partial charge < -0.3 is 5.32 Å². The van der Waals surface area contributed by atoms with Gasteiger partial charge in [-0.15, -0.1) is 11.8 Å². The second-order valence-corrected chi connectivity index (χ2v) is 6.72. The van der Waals surface area contributed by atoms with E-state index in [1.54, 1.807) is 0 Å². The first kappa shape index (κ1) is 14.4. The Labute approximate surface area is 122 Å². The number of nitrogens with one attached hydrogen (secondary N) is 1. The molecule has 18 heavy (non-hydrogen) atoms. The van der Waals surface area contributed by atoms with Crippen molar-refractivity contribution in [2.45, 2.75) is 43.7 Å². The molecule has 1 aliphatic rings. The molecule has 1 aliphatic carbocycles. The number of nitrogens with zero attached hydrogens (tertiary/aromatic N) is 1. The molecule has 2 nitrogen and oxygen atoms in total. The number of hydrogen-bond acceptors (Lipinski definition) is 3. The molecule has 0 spiro atoms. The molecule has 0 radical (unpaired) electrons. The molecular weight excluding hydrogens is 308 g/mol. The lowest BCUT2D eigenvalue weighted by atomic mass is 10.0. The summed E-state index contributed by atoms with van der Waals surface area (Å²) in [5.74, 6) is 2.03. The number of rotatable bonds is 6. The molecule has 2 unspecified atom stereocenters. The number of hydrogen-bond donors (Lipinski definition) is 1. The van der Waals surface area contributed by atoms with Crippen LogP contribution in [0.1, 0.15) is 32.6 Å². The maximum atomic E-state index is 4.40. The Morgan fingerprint density at radius 2 is 2.39 bits per heavy atom. The molecule has 0 bridgehead atoms. The third kappa shape index (κ3) is 3.97. The van der Waals surface area contributed by atoms with Crippen molar-refractivity contribution < 1.29 is 0 Å². The van der Waals surface area contributed by atoms with Crippen LogP contribution in [-0.2, 0) is 0 Å². The molecule has 2 atom stereocenters. The molecule has 2 rings (SSSR count). The van der Waals surface area contributed by atoms with Gasteiger partial charge in [-0.05, 0) is 65.5 Å². The van der Waals surface area contributed by atoms with Gasteiger partial charge in [0.2, 0.25) is 0 Å². The van der Waals surface area contributed by atoms with E-state index in [9.17, 15) is 0 Å². The Bertz CT molecular complexity index is 373. The lowest BCUT2D eigenvalue weighted by Crippen LogP contribution is -2.32. The van der Waals surface area contributed by atoms with Crippen molar-refractivity contribution in [2.24, 2.45) is 5.92 Å². The Balaban J connectivity index is 1.76. The van der Waals surface area contributed by atoms with Crippen LogP contribution in [0.2, 0.25) is 0 Å². The van der Waals surface area contributed by atoms with Crippen molar-refractivity contribution in [3.8, 4) is 0 Å². The molecule has 1 fully saturated rings. The van der Waals surface area contributed by atoms with Crippen LogP contribution in [0.3, 0.4) is 0 Å². The van der Waals surface area contributed by atoms with Gasteiger partial charge in [0, 0.05) is 16.7 Å². The van der Waals surface area contributed by atoms with Crippen LogP contribution in [0.25, 0.3) is 0 Å². The predicted octanol–water partition coefficient (Wildman–Crippen LogP) is 4.10. The molecule has 1 aromatic heterocycles. The van der Waals surface area contributed by atoms with Gasteiger partial charge in [0.1, 0.15) is 5.03 Å². The highest BCUT2D eigenvalue weighted by Gasteiger charge is 2.25. The average molecular weight is 329 g/mol. The van der Waals surface area contributed by atoms with Gasteiger partial charge in [-0.2, -0.15) is 0 Å². The van der Waals surface area contributed by atoms with E-state index in [1.165, 1.54) is 31.4 Å². The second-order valence-electron chi connectivity index (χ2n) is 4.78.